The molecule has 2 N–H and O–H groups in total. The molecule has 12 heteroatoms. The predicted octanol–water partition coefficient (Wildman–Crippen LogP) is 5.19. The Bertz CT molecular complexity index is 1490. The van der Waals surface area contributed by atoms with E-state index in [0.29, 0.717) is 36.2 Å². The molecule has 2 aromatic heterocycles. The Labute approximate surface area is 223 Å². The van der Waals surface area contributed by atoms with E-state index in [1.54, 1.807) is 0 Å². The Kier molecular flexibility index (Phi) is 6.39. The third-order valence-corrected chi connectivity index (χ3v) is 10.8. The Morgan fingerprint density at radius 2 is 2.08 bits per heavy atom. The first-order chi connectivity index (χ1) is 18.1. The van der Waals surface area contributed by atoms with Crippen LogP contribution in [0.2, 0.25) is 0 Å². The van der Waals surface area contributed by atoms with Gasteiger partial charge in [0.05, 0.1) is 21.2 Å². The van der Waals surface area contributed by atoms with Crippen LogP contribution in [0.25, 0.3) is 10.6 Å². The first-order valence-electron chi connectivity index (χ1n) is 12.8. The number of nitrogens with zero attached hydrogens (tertiary/aromatic N) is 3. The molecule has 6 rings (SSSR count). The Hall–Kier alpha value is -2.70. The molecule has 0 unspecified atom stereocenters. The van der Waals surface area contributed by atoms with E-state index in [2.05, 4.69) is 31.6 Å². The number of nitrogens with one attached hydrogen (secondary N) is 2. The molecule has 0 spiro atoms. The zero-order chi connectivity index (χ0) is 26.7. The summed E-state index contributed by atoms with van der Waals surface area (Å²) in [4.78, 5) is 11.6. The Morgan fingerprint density at radius 1 is 1.24 bits per heavy atom. The van der Waals surface area contributed by atoms with Gasteiger partial charge in [0.15, 0.2) is 9.84 Å². The van der Waals surface area contributed by atoms with Crippen LogP contribution < -0.4 is 15.5 Å². The smallest absolute Gasteiger partial charge is 0.366 e. The number of fused-ring (bicyclic) bond motifs is 3. The third kappa shape index (κ3) is 4.66. The van der Waals surface area contributed by atoms with Crippen molar-refractivity contribution in [1.82, 2.24) is 15.3 Å². The predicted molar refractivity (Wildman–Crippen MR) is 142 cm³/mol. The summed E-state index contributed by atoms with van der Waals surface area (Å²) >= 11 is 1.07. The van der Waals surface area contributed by atoms with Crippen LogP contribution in [0.4, 0.5) is 30.5 Å². The number of hydrogen-bond acceptors (Lipinski definition) is 8. The minimum absolute atomic E-state index is 0.00398. The molecule has 3 aliphatic rings. The topological polar surface area (TPSA) is 87.2 Å². The molecule has 0 radical (unpaired) electrons. The molecule has 2 saturated heterocycles. The maximum absolute atomic E-state index is 13.9. The number of halogens is 3. The van der Waals surface area contributed by atoms with Crippen molar-refractivity contribution in [1.29, 1.82) is 0 Å². The normalized spacial score (nSPS) is 22.4. The Balaban J connectivity index is 1.35. The molecular weight excluding hydrogens is 535 g/mol. The van der Waals surface area contributed by atoms with Crippen LogP contribution in [-0.4, -0.2) is 49.3 Å². The SMILES string of the molecule is CCc1cc(N2C[C@H]3C[C@@H]2CN3)ccc1Nc1ncc(C(F)(F)F)c(-c2cc3c(s2)CCCCS3(=O)=O)n1. The number of hydrogen-bond donors (Lipinski definition) is 2. The molecule has 3 aliphatic heterocycles. The van der Waals surface area contributed by atoms with Crippen LogP contribution in [-0.2, 0) is 28.9 Å². The first kappa shape index (κ1) is 25.6. The molecule has 3 aromatic rings. The summed E-state index contributed by atoms with van der Waals surface area (Å²) in [6.45, 7) is 3.97. The zero-order valence-electron chi connectivity index (χ0n) is 20.8. The average molecular weight is 564 g/mol. The summed E-state index contributed by atoms with van der Waals surface area (Å²) in [5, 5.41) is 6.62. The van der Waals surface area contributed by atoms with Gasteiger partial charge >= 0.3 is 6.18 Å². The summed E-state index contributed by atoms with van der Waals surface area (Å²) in [6.07, 6.45) is -0.302. The number of rotatable bonds is 5. The fraction of sp³-hybridized carbons (Fsp3) is 0.462. The van der Waals surface area contributed by atoms with E-state index in [1.807, 2.05) is 19.1 Å². The lowest BCUT2D eigenvalue weighted by Crippen LogP contribution is -2.43. The Morgan fingerprint density at radius 3 is 2.79 bits per heavy atom. The number of anilines is 3. The third-order valence-electron chi connectivity index (χ3n) is 7.60. The lowest BCUT2D eigenvalue weighted by molar-refractivity contribution is -0.137. The molecule has 5 heterocycles. The summed E-state index contributed by atoms with van der Waals surface area (Å²) in [5.74, 6) is 0.0376. The van der Waals surface area contributed by atoms with Crippen molar-refractivity contribution in [3.8, 4) is 10.6 Å². The van der Waals surface area contributed by atoms with Crippen molar-refractivity contribution < 1.29 is 21.6 Å². The maximum atomic E-state index is 13.9. The molecule has 7 nitrogen and oxygen atoms in total. The fourth-order valence-electron chi connectivity index (χ4n) is 5.66. The lowest BCUT2D eigenvalue weighted by Gasteiger charge is -2.30. The van der Waals surface area contributed by atoms with E-state index in [9.17, 15) is 21.6 Å². The van der Waals surface area contributed by atoms with Gasteiger partial charge in [-0.15, -0.1) is 11.3 Å². The molecule has 2 bridgehead atoms. The van der Waals surface area contributed by atoms with Crippen LogP contribution in [0, 0.1) is 0 Å². The highest BCUT2D eigenvalue weighted by molar-refractivity contribution is 7.91. The van der Waals surface area contributed by atoms with Gasteiger partial charge in [-0.05, 0) is 61.9 Å². The molecule has 0 aliphatic carbocycles. The van der Waals surface area contributed by atoms with E-state index in [0.717, 1.165) is 60.4 Å². The highest BCUT2D eigenvalue weighted by Crippen LogP contribution is 2.42. The van der Waals surface area contributed by atoms with Crippen LogP contribution >= 0.6 is 11.3 Å². The number of thiophene rings is 1. The van der Waals surface area contributed by atoms with Crippen molar-refractivity contribution in [2.24, 2.45) is 0 Å². The van der Waals surface area contributed by atoms with E-state index in [4.69, 9.17) is 0 Å². The molecular formula is C26H28F3N5O2S2. The van der Waals surface area contributed by atoms with Crippen LogP contribution in [0.15, 0.2) is 35.4 Å². The number of piperazine rings is 1. The molecule has 2 fully saturated rings. The van der Waals surface area contributed by atoms with Crippen LogP contribution in [0.3, 0.4) is 0 Å². The van der Waals surface area contributed by atoms with Gasteiger partial charge in [-0.1, -0.05) is 6.92 Å². The highest BCUT2D eigenvalue weighted by Gasteiger charge is 2.38. The number of aromatic nitrogens is 2. The van der Waals surface area contributed by atoms with Gasteiger partial charge in [-0.2, -0.15) is 13.2 Å². The number of sulfone groups is 1. The van der Waals surface area contributed by atoms with Gasteiger partial charge in [-0.25, -0.2) is 18.4 Å². The maximum Gasteiger partial charge on any atom is 0.420 e. The zero-order valence-corrected chi connectivity index (χ0v) is 22.4. The van der Waals surface area contributed by atoms with E-state index in [-0.39, 0.29) is 27.2 Å². The summed E-state index contributed by atoms with van der Waals surface area (Å²) < 4.78 is 67.2. The number of benzene rings is 1. The van der Waals surface area contributed by atoms with Gasteiger partial charge in [0.1, 0.15) is 5.56 Å². The summed E-state index contributed by atoms with van der Waals surface area (Å²) in [5.41, 5.74) is 1.59. The average Bonchev–Trinajstić information content (AvgIpc) is 3.61. The molecule has 1 aromatic carbocycles. The standard InChI is InChI=1S/C26H28F3N5O2S2/c1-2-15-9-17(34-14-16-10-18(34)12-30-16)6-7-20(15)32-25-31-13-19(26(27,28)29)24(33-25)22-11-23-21(37-22)5-3-4-8-38(23,35)36/h6-7,9,11,13,16,18,30H,2-5,8,10,12,14H2,1H3,(H,31,32,33)/t16-,18-/m1/s1. The second kappa shape index (κ2) is 9.49. The van der Waals surface area contributed by atoms with Crippen molar-refractivity contribution in [3.05, 3.63) is 46.5 Å². The van der Waals surface area contributed by atoms with E-state index in [1.165, 1.54) is 6.07 Å². The summed E-state index contributed by atoms with van der Waals surface area (Å²) in [6, 6.07) is 8.42. The van der Waals surface area contributed by atoms with Gasteiger partial charge in [0.2, 0.25) is 5.95 Å². The molecule has 2 atom stereocenters. The van der Waals surface area contributed by atoms with Crippen molar-refractivity contribution in [3.63, 3.8) is 0 Å². The van der Waals surface area contributed by atoms with Gasteiger partial charge in [0.25, 0.3) is 0 Å². The molecule has 0 saturated carbocycles. The largest absolute Gasteiger partial charge is 0.420 e. The number of aryl methyl sites for hydroxylation is 2. The summed E-state index contributed by atoms with van der Waals surface area (Å²) in [7, 11) is -3.53. The second-order valence-electron chi connectivity index (χ2n) is 10.1. The van der Waals surface area contributed by atoms with Crippen LogP contribution in [0.1, 0.15) is 42.2 Å². The van der Waals surface area contributed by atoms with Gasteiger partial charge < -0.3 is 15.5 Å². The molecule has 38 heavy (non-hydrogen) atoms. The first-order valence-corrected chi connectivity index (χ1v) is 15.3. The van der Waals surface area contributed by atoms with Crippen molar-refractivity contribution in [2.75, 3.05) is 29.1 Å². The molecule has 202 valence electrons. The lowest BCUT2D eigenvalue weighted by atomic mass is 10.1. The second-order valence-corrected chi connectivity index (χ2v) is 13.3. The fourth-order valence-corrected chi connectivity index (χ4v) is 8.89. The van der Waals surface area contributed by atoms with Gasteiger partial charge in [-0.3, -0.25) is 0 Å². The minimum Gasteiger partial charge on any atom is -0.366 e. The van der Waals surface area contributed by atoms with E-state index >= 15 is 0 Å². The van der Waals surface area contributed by atoms with Crippen LogP contribution in [0.5, 0.6) is 0 Å². The van der Waals surface area contributed by atoms with Gasteiger partial charge in [0, 0.05) is 47.6 Å². The van der Waals surface area contributed by atoms with Crippen molar-refractivity contribution in [2.45, 2.75) is 62.2 Å². The molecule has 0 amide bonds. The number of alkyl halides is 3. The highest BCUT2D eigenvalue weighted by atomic mass is 32.2. The minimum atomic E-state index is -4.69. The monoisotopic (exact) mass is 563 g/mol. The van der Waals surface area contributed by atoms with Crippen molar-refractivity contribution >= 4 is 38.5 Å². The quantitative estimate of drug-likeness (QED) is 0.442. The van der Waals surface area contributed by atoms with E-state index < -0.39 is 21.6 Å².